The van der Waals surface area contributed by atoms with E-state index < -0.39 is 22.8 Å². The van der Waals surface area contributed by atoms with Gasteiger partial charge in [-0.3, -0.25) is 14.2 Å². The van der Waals surface area contributed by atoms with E-state index in [9.17, 15) is 19.1 Å². The van der Waals surface area contributed by atoms with Crippen molar-refractivity contribution in [3.63, 3.8) is 0 Å². The van der Waals surface area contributed by atoms with Crippen LogP contribution in [0.15, 0.2) is 29.1 Å². The topological polar surface area (TPSA) is 96.2 Å². The predicted octanol–water partition coefficient (Wildman–Crippen LogP) is 1.64. The first-order valence-corrected chi connectivity index (χ1v) is 9.49. The van der Waals surface area contributed by atoms with Gasteiger partial charge in [0, 0.05) is 13.1 Å². The molecular weight excluding hydrogens is 363 g/mol. The van der Waals surface area contributed by atoms with E-state index in [-0.39, 0.29) is 18.1 Å². The molecule has 8 heteroatoms. The Kier molecular flexibility index (Phi) is 4.66. The molecule has 0 saturated heterocycles. The van der Waals surface area contributed by atoms with Gasteiger partial charge in [-0.05, 0) is 56.3 Å². The number of aromatic hydroxyl groups is 1. The standard InChI is InChI=1S/C20H23FN4O3/c1-22-20-8-6-12(10-20)7-9-25-18(28)16(26)15(24-19(20)25)17(27)23-11-13-2-4-14(21)5-3-13/h2-5,12,22,26H,6-11H2,1H3,(H,23,27). The Balaban J connectivity index is 1.67. The minimum Gasteiger partial charge on any atom is -0.501 e. The lowest BCUT2D eigenvalue weighted by Crippen LogP contribution is -2.44. The zero-order chi connectivity index (χ0) is 19.9. The second-order valence-electron chi connectivity index (χ2n) is 7.63. The Bertz CT molecular complexity index is 973. The molecule has 28 heavy (non-hydrogen) atoms. The van der Waals surface area contributed by atoms with Crippen LogP contribution >= 0.6 is 0 Å². The summed E-state index contributed by atoms with van der Waals surface area (Å²) in [6, 6.07) is 5.73. The summed E-state index contributed by atoms with van der Waals surface area (Å²) >= 11 is 0. The van der Waals surface area contributed by atoms with Crippen LogP contribution in [0.4, 0.5) is 4.39 Å². The summed E-state index contributed by atoms with van der Waals surface area (Å²) in [4.78, 5) is 29.9. The maximum absolute atomic E-state index is 13.0. The van der Waals surface area contributed by atoms with Crippen molar-refractivity contribution >= 4 is 5.91 Å². The number of hydrogen-bond acceptors (Lipinski definition) is 5. The molecule has 1 aromatic heterocycles. The summed E-state index contributed by atoms with van der Waals surface area (Å²) < 4.78 is 14.5. The van der Waals surface area contributed by atoms with Gasteiger partial charge in [0.2, 0.25) is 5.75 Å². The fourth-order valence-corrected chi connectivity index (χ4v) is 4.39. The summed E-state index contributed by atoms with van der Waals surface area (Å²) in [6.07, 6.45) is 3.59. The third kappa shape index (κ3) is 3.07. The molecular formula is C20H23FN4O3. The first kappa shape index (κ1) is 18.6. The average Bonchev–Trinajstić information content (AvgIpc) is 3.05. The molecule has 1 aliphatic carbocycles. The van der Waals surface area contributed by atoms with Crippen molar-refractivity contribution in [2.24, 2.45) is 5.92 Å². The zero-order valence-electron chi connectivity index (χ0n) is 15.7. The lowest BCUT2D eigenvalue weighted by atomic mass is 9.95. The SMILES string of the molecule is CNC12CCC(CCn3c1nc(C(=O)NCc1ccc(F)cc1)c(O)c3=O)C2. The summed E-state index contributed by atoms with van der Waals surface area (Å²) in [5.74, 6) is -0.617. The van der Waals surface area contributed by atoms with E-state index in [2.05, 4.69) is 15.6 Å². The zero-order valence-corrected chi connectivity index (χ0v) is 15.7. The van der Waals surface area contributed by atoms with Crippen LogP contribution in [-0.2, 0) is 18.6 Å². The molecule has 2 aromatic rings. The molecule has 2 heterocycles. The average molecular weight is 386 g/mol. The van der Waals surface area contributed by atoms with E-state index in [1.54, 1.807) is 12.1 Å². The fraction of sp³-hybridized carbons (Fsp3) is 0.450. The van der Waals surface area contributed by atoms with Gasteiger partial charge < -0.3 is 15.7 Å². The highest BCUT2D eigenvalue weighted by atomic mass is 19.1. The number of halogens is 1. The van der Waals surface area contributed by atoms with Crippen LogP contribution in [0.1, 0.15) is 47.6 Å². The van der Waals surface area contributed by atoms with Crippen LogP contribution in [0.3, 0.4) is 0 Å². The van der Waals surface area contributed by atoms with E-state index in [1.165, 1.54) is 16.7 Å². The Labute approximate surface area is 161 Å². The number of rotatable bonds is 4. The third-order valence-corrected chi connectivity index (χ3v) is 6.01. The van der Waals surface area contributed by atoms with E-state index >= 15 is 0 Å². The highest BCUT2D eigenvalue weighted by Gasteiger charge is 2.45. The van der Waals surface area contributed by atoms with E-state index in [0.29, 0.717) is 23.9 Å². The van der Waals surface area contributed by atoms with Gasteiger partial charge in [0.25, 0.3) is 11.5 Å². The van der Waals surface area contributed by atoms with Crippen LogP contribution < -0.4 is 16.2 Å². The maximum Gasteiger partial charge on any atom is 0.296 e. The maximum atomic E-state index is 13.0. The highest BCUT2D eigenvalue weighted by molar-refractivity contribution is 5.94. The smallest absolute Gasteiger partial charge is 0.296 e. The Morgan fingerprint density at radius 3 is 2.82 bits per heavy atom. The molecule has 0 radical (unpaired) electrons. The summed E-state index contributed by atoms with van der Waals surface area (Å²) in [5, 5.41) is 16.3. The molecule has 0 spiro atoms. The lowest BCUT2D eigenvalue weighted by molar-refractivity contribution is 0.0941. The molecule has 1 fully saturated rings. The van der Waals surface area contributed by atoms with Crippen LogP contribution in [0.2, 0.25) is 0 Å². The Hall–Kier alpha value is -2.74. The second kappa shape index (κ2) is 7.01. The molecule has 1 aromatic carbocycles. The van der Waals surface area contributed by atoms with Crippen molar-refractivity contribution in [2.45, 2.75) is 44.3 Å². The molecule has 4 rings (SSSR count). The molecule has 7 nitrogen and oxygen atoms in total. The normalized spacial score (nSPS) is 23.1. The molecule has 1 aliphatic heterocycles. The number of nitrogens with one attached hydrogen (secondary N) is 2. The number of carbonyl (C=O) groups excluding carboxylic acids is 1. The van der Waals surface area contributed by atoms with Crippen LogP contribution in [0.5, 0.6) is 5.75 Å². The van der Waals surface area contributed by atoms with Gasteiger partial charge in [-0.15, -0.1) is 0 Å². The van der Waals surface area contributed by atoms with Gasteiger partial charge in [-0.25, -0.2) is 9.37 Å². The van der Waals surface area contributed by atoms with Crippen molar-refractivity contribution in [3.05, 3.63) is 57.5 Å². The third-order valence-electron chi connectivity index (χ3n) is 6.01. The number of hydrogen-bond donors (Lipinski definition) is 3. The molecule has 2 unspecified atom stereocenters. The van der Waals surface area contributed by atoms with Crippen molar-refractivity contribution in [1.29, 1.82) is 0 Å². The van der Waals surface area contributed by atoms with Crippen molar-refractivity contribution in [1.82, 2.24) is 20.2 Å². The van der Waals surface area contributed by atoms with Crippen molar-refractivity contribution < 1.29 is 14.3 Å². The monoisotopic (exact) mass is 386 g/mol. The summed E-state index contributed by atoms with van der Waals surface area (Å²) in [7, 11) is 1.84. The number of aromatic nitrogens is 2. The van der Waals surface area contributed by atoms with Crippen LogP contribution in [0.25, 0.3) is 0 Å². The first-order valence-electron chi connectivity index (χ1n) is 9.49. The number of fused-ring (bicyclic) bond motifs is 4. The Morgan fingerprint density at radius 2 is 2.11 bits per heavy atom. The number of amides is 1. The summed E-state index contributed by atoms with van der Waals surface area (Å²) in [5.41, 5.74) is -0.608. The summed E-state index contributed by atoms with van der Waals surface area (Å²) in [6.45, 7) is 0.623. The van der Waals surface area contributed by atoms with Gasteiger partial charge in [0.1, 0.15) is 11.6 Å². The minimum absolute atomic E-state index is 0.137. The van der Waals surface area contributed by atoms with Crippen LogP contribution in [0, 0.1) is 11.7 Å². The second-order valence-corrected chi connectivity index (χ2v) is 7.63. The van der Waals surface area contributed by atoms with Gasteiger partial charge in [-0.2, -0.15) is 0 Å². The van der Waals surface area contributed by atoms with Gasteiger partial charge in [0.15, 0.2) is 5.69 Å². The molecule has 2 atom stereocenters. The minimum atomic E-state index is -0.635. The van der Waals surface area contributed by atoms with Gasteiger partial charge >= 0.3 is 0 Å². The first-order chi connectivity index (χ1) is 13.4. The van der Waals surface area contributed by atoms with Gasteiger partial charge in [-0.1, -0.05) is 12.1 Å². The van der Waals surface area contributed by atoms with E-state index in [0.717, 1.165) is 25.7 Å². The molecule has 3 N–H and O–H groups in total. The number of carbonyl (C=O) groups is 1. The Morgan fingerprint density at radius 1 is 1.36 bits per heavy atom. The quantitative estimate of drug-likeness (QED) is 0.742. The fourth-order valence-electron chi connectivity index (χ4n) is 4.39. The van der Waals surface area contributed by atoms with E-state index in [1.807, 2.05) is 7.05 Å². The predicted molar refractivity (Wildman–Crippen MR) is 100 cm³/mol. The molecule has 1 saturated carbocycles. The molecule has 1 amide bonds. The number of nitrogens with zero attached hydrogens (tertiary/aromatic N) is 2. The lowest BCUT2D eigenvalue weighted by Gasteiger charge is -2.30. The van der Waals surface area contributed by atoms with Gasteiger partial charge in [0.05, 0.1) is 5.54 Å². The number of benzene rings is 1. The highest BCUT2D eigenvalue weighted by Crippen LogP contribution is 2.44. The molecule has 2 aliphatic rings. The van der Waals surface area contributed by atoms with Crippen LogP contribution in [-0.4, -0.2) is 27.6 Å². The van der Waals surface area contributed by atoms with Crippen molar-refractivity contribution in [3.8, 4) is 5.75 Å². The van der Waals surface area contributed by atoms with E-state index in [4.69, 9.17) is 0 Å². The molecule has 148 valence electrons. The molecule has 2 bridgehead atoms. The largest absolute Gasteiger partial charge is 0.501 e. The van der Waals surface area contributed by atoms with Crippen molar-refractivity contribution in [2.75, 3.05) is 7.05 Å².